The van der Waals surface area contributed by atoms with E-state index in [1.165, 1.54) is 0 Å². The van der Waals surface area contributed by atoms with Crippen LogP contribution in [0.1, 0.15) is 12.5 Å². The summed E-state index contributed by atoms with van der Waals surface area (Å²) in [7, 11) is 0. The molecule has 0 spiro atoms. The normalized spacial score (nSPS) is 11.2. The highest BCUT2D eigenvalue weighted by Gasteiger charge is 1.94. The van der Waals surface area contributed by atoms with Crippen LogP contribution in [0.3, 0.4) is 0 Å². The van der Waals surface area contributed by atoms with Crippen LogP contribution in [0.5, 0.6) is 0 Å². The zero-order chi connectivity index (χ0) is 8.10. The molecule has 0 N–H and O–H groups in total. The van der Waals surface area contributed by atoms with Crippen molar-refractivity contribution >= 4 is 11.9 Å². The molecule has 0 unspecified atom stereocenters. The van der Waals surface area contributed by atoms with Crippen molar-refractivity contribution in [3.63, 3.8) is 0 Å². The highest BCUT2D eigenvalue weighted by Crippen LogP contribution is 2.09. The summed E-state index contributed by atoms with van der Waals surface area (Å²) in [6.07, 6.45) is 2.68. The van der Waals surface area contributed by atoms with Crippen LogP contribution >= 0.6 is 0 Å². The second-order valence-corrected chi connectivity index (χ2v) is 2.23. The van der Waals surface area contributed by atoms with E-state index >= 15 is 0 Å². The average Bonchev–Trinajstić information content (AvgIpc) is 2.09. The van der Waals surface area contributed by atoms with E-state index in [0.717, 1.165) is 17.4 Å². The molecule has 0 atom stereocenters. The molecule has 56 valence electrons. The summed E-state index contributed by atoms with van der Waals surface area (Å²) in [5, 5.41) is 0. The Labute approximate surface area is 66.4 Å². The second kappa shape index (κ2) is 3.71. The molecule has 0 radical (unpaired) electrons. The predicted octanol–water partition coefficient (Wildman–Crippen LogP) is 2.29. The molecule has 0 fully saturated rings. The summed E-state index contributed by atoms with van der Waals surface area (Å²) >= 11 is 0. The van der Waals surface area contributed by atoms with E-state index in [1.54, 1.807) is 0 Å². The molecule has 0 aromatic heterocycles. The first-order valence-electron chi connectivity index (χ1n) is 3.55. The largest absolute Gasteiger partial charge is 0.298 e. The van der Waals surface area contributed by atoms with E-state index in [-0.39, 0.29) is 0 Å². The summed E-state index contributed by atoms with van der Waals surface area (Å²) in [6, 6.07) is 9.61. The molecule has 11 heavy (non-hydrogen) atoms. The van der Waals surface area contributed by atoms with Crippen molar-refractivity contribution in [1.29, 1.82) is 0 Å². The molecule has 0 saturated heterocycles. The van der Waals surface area contributed by atoms with Gasteiger partial charge < -0.3 is 0 Å². The van der Waals surface area contributed by atoms with Crippen molar-refractivity contribution in [2.75, 3.05) is 0 Å². The third kappa shape index (κ3) is 1.77. The molecule has 1 rings (SSSR count). The second-order valence-electron chi connectivity index (χ2n) is 2.23. The fourth-order valence-electron chi connectivity index (χ4n) is 0.933. The number of carbonyl (C=O) groups is 1. The maximum absolute atomic E-state index is 10.5. The summed E-state index contributed by atoms with van der Waals surface area (Å²) in [5.74, 6) is 0. The first kappa shape index (κ1) is 7.73. The Hall–Kier alpha value is -1.37. The van der Waals surface area contributed by atoms with Crippen LogP contribution in [0.2, 0.25) is 0 Å². The minimum absolute atomic E-state index is 0.741. The Morgan fingerprint density at radius 3 is 2.36 bits per heavy atom. The van der Waals surface area contributed by atoms with E-state index in [1.807, 2.05) is 43.3 Å². The summed E-state index contributed by atoms with van der Waals surface area (Å²) in [6.45, 7) is 1.86. The van der Waals surface area contributed by atoms with Gasteiger partial charge in [-0.2, -0.15) is 0 Å². The molecule has 0 aliphatic carbocycles. The van der Waals surface area contributed by atoms with Crippen molar-refractivity contribution in [2.24, 2.45) is 0 Å². The number of aldehydes is 1. The average molecular weight is 146 g/mol. The molecule has 1 nitrogen and oxygen atoms in total. The molecule has 0 bridgehead atoms. The van der Waals surface area contributed by atoms with Crippen molar-refractivity contribution < 1.29 is 4.79 Å². The van der Waals surface area contributed by atoms with Crippen LogP contribution in [0.15, 0.2) is 36.4 Å². The van der Waals surface area contributed by atoms with Gasteiger partial charge in [-0.3, -0.25) is 4.79 Å². The molecule has 0 amide bonds. The zero-order valence-electron chi connectivity index (χ0n) is 6.45. The smallest absolute Gasteiger partial charge is 0.150 e. The van der Waals surface area contributed by atoms with Gasteiger partial charge in [-0.25, -0.2) is 0 Å². The van der Waals surface area contributed by atoms with Crippen molar-refractivity contribution in [3.05, 3.63) is 42.0 Å². The SMILES string of the molecule is CC=C(C=O)c1ccccc1. The lowest BCUT2D eigenvalue weighted by molar-refractivity contribution is -0.103. The number of rotatable bonds is 2. The maximum atomic E-state index is 10.5. The van der Waals surface area contributed by atoms with Crippen LogP contribution in [-0.2, 0) is 4.79 Å². The molecule has 0 aliphatic rings. The first-order chi connectivity index (χ1) is 5.38. The third-order valence-electron chi connectivity index (χ3n) is 1.55. The highest BCUT2D eigenvalue weighted by atomic mass is 16.1. The lowest BCUT2D eigenvalue weighted by Crippen LogP contribution is -1.82. The molecule has 1 heteroatoms. The fraction of sp³-hybridized carbons (Fsp3) is 0.100. The van der Waals surface area contributed by atoms with Crippen molar-refractivity contribution in [1.82, 2.24) is 0 Å². The lowest BCUT2D eigenvalue weighted by atomic mass is 10.1. The molecular formula is C10H10O. The molecule has 1 aromatic rings. The number of benzene rings is 1. The minimum Gasteiger partial charge on any atom is -0.298 e. The van der Waals surface area contributed by atoms with Gasteiger partial charge in [0.05, 0.1) is 0 Å². The molecule has 0 saturated carbocycles. The van der Waals surface area contributed by atoms with Gasteiger partial charge in [0.15, 0.2) is 0 Å². The first-order valence-corrected chi connectivity index (χ1v) is 3.55. The number of carbonyl (C=O) groups excluding carboxylic acids is 1. The Morgan fingerprint density at radius 2 is 1.91 bits per heavy atom. The van der Waals surface area contributed by atoms with Crippen molar-refractivity contribution in [2.45, 2.75) is 6.92 Å². The maximum Gasteiger partial charge on any atom is 0.150 e. The Bertz CT molecular complexity index is 259. The van der Waals surface area contributed by atoms with E-state index in [2.05, 4.69) is 0 Å². The third-order valence-corrected chi connectivity index (χ3v) is 1.55. The van der Waals surface area contributed by atoms with E-state index in [9.17, 15) is 4.79 Å². The van der Waals surface area contributed by atoms with Crippen LogP contribution < -0.4 is 0 Å². The monoisotopic (exact) mass is 146 g/mol. The number of allylic oxidation sites excluding steroid dienone is 2. The topological polar surface area (TPSA) is 17.1 Å². The van der Waals surface area contributed by atoms with Crippen LogP contribution in [0, 0.1) is 0 Å². The Morgan fingerprint density at radius 1 is 1.27 bits per heavy atom. The standard InChI is InChI=1S/C10H10O/c1-2-9(8-11)10-6-4-3-5-7-10/h2-8H,1H3. The van der Waals surface area contributed by atoms with Gasteiger partial charge in [0, 0.05) is 5.57 Å². The predicted molar refractivity (Wildman–Crippen MR) is 46.2 cm³/mol. The van der Waals surface area contributed by atoms with E-state index < -0.39 is 0 Å². The number of hydrogen-bond acceptors (Lipinski definition) is 1. The Kier molecular flexibility index (Phi) is 2.61. The minimum atomic E-state index is 0.741. The molecule has 0 heterocycles. The van der Waals surface area contributed by atoms with Gasteiger partial charge in [0.25, 0.3) is 0 Å². The highest BCUT2D eigenvalue weighted by molar-refractivity contribution is 6.06. The van der Waals surface area contributed by atoms with Gasteiger partial charge in [-0.15, -0.1) is 0 Å². The van der Waals surface area contributed by atoms with Crippen LogP contribution in [0.4, 0.5) is 0 Å². The zero-order valence-corrected chi connectivity index (χ0v) is 6.45. The summed E-state index contributed by atoms with van der Waals surface area (Å²) in [5.41, 5.74) is 1.72. The summed E-state index contributed by atoms with van der Waals surface area (Å²) in [4.78, 5) is 10.5. The Balaban J connectivity index is 3.01. The molecular weight excluding hydrogens is 136 g/mol. The van der Waals surface area contributed by atoms with Crippen molar-refractivity contribution in [3.8, 4) is 0 Å². The molecule has 1 aromatic carbocycles. The number of hydrogen-bond donors (Lipinski definition) is 0. The van der Waals surface area contributed by atoms with Crippen LogP contribution in [-0.4, -0.2) is 6.29 Å². The van der Waals surface area contributed by atoms with Gasteiger partial charge in [-0.1, -0.05) is 36.4 Å². The van der Waals surface area contributed by atoms with E-state index in [4.69, 9.17) is 0 Å². The van der Waals surface area contributed by atoms with E-state index in [0.29, 0.717) is 0 Å². The van der Waals surface area contributed by atoms with Crippen LogP contribution in [0.25, 0.3) is 5.57 Å². The van der Waals surface area contributed by atoms with Gasteiger partial charge >= 0.3 is 0 Å². The van der Waals surface area contributed by atoms with Gasteiger partial charge in [0.2, 0.25) is 0 Å². The van der Waals surface area contributed by atoms with Gasteiger partial charge in [-0.05, 0) is 12.5 Å². The summed E-state index contributed by atoms with van der Waals surface area (Å²) < 4.78 is 0. The lowest BCUT2D eigenvalue weighted by Gasteiger charge is -1.96. The fourth-order valence-corrected chi connectivity index (χ4v) is 0.933. The van der Waals surface area contributed by atoms with Gasteiger partial charge in [0.1, 0.15) is 6.29 Å². The molecule has 0 aliphatic heterocycles. The quantitative estimate of drug-likeness (QED) is 0.462.